The minimum atomic E-state index is -0.397. The molecule has 0 aliphatic carbocycles. The fourth-order valence-electron chi connectivity index (χ4n) is 1.43. The lowest BCUT2D eigenvalue weighted by Crippen LogP contribution is -2.05. The molecule has 0 unspecified atom stereocenters. The number of carbonyl (C=O) groups is 1. The van der Waals surface area contributed by atoms with E-state index in [0.717, 1.165) is 5.56 Å². The molecule has 0 aliphatic heterocycles. The van der Waals surface area contributed by atoms with E-state index in [4.69, 9.17) is 27.9 Å². The standard InChI is InChI=1S/C14H10Cl2O2/c15-12-7-5-10(6-8-12)14(17)18-9-11-3-1-2-4-13(11)16/h1-8H,9H2. The third kappa shape index (κ3) is 3.25. The van der Waals surface area contributed by atoms with Crippen LogP contribution in [0.1, 0.15) is 15.9 Å². The number of carbonyl (C=O) groups excluding carboxylic acids is 1. The zero-order valence-electron chi connectivity index (χ0n) is 9.40. The van der Waals surface area contributed by atoms with Gasteiger partial charge in [-0.05, 0) is 30.3 Å². The molecule has 0 aliphatic rings. The fraction of sp³-hybridized carbons (Fsp3) is 0.0714. The zero-order chi connectivity index (χ0) is 13.0. The zero-order valence-corrected chi connectivity index (χ0v) is 10.9. The molecule has 0 atom stereocenters. The van der Waals surface area contributed by atoms with Crippen LogP contribution in [0.3, 0.4) is 0 Å². The van der Waals surface area contributed by atoms with Crippen molar-refractivity contribution in [1.82, 2.24) is 0 Å². The Morgan fingerprint density at radius 1 is 1.00 bits per heavy atom. The first-order valence-electron chi connectivity index (χ1n) is 5.33. The maximum absolute atomic E-state index is 11.7. The molecule has 2 rings (SSSR count). The van der Waals surface area contributed by atoms with Gasteiger partial charge in [-0.25, -0.2) is 4.79 Å². The molecule has 0 spiro atoms. The Kier molecular flexibility index (Phi) is 4.24. The van der Waals surface area contributed by atoms with Crippen molar-refractivity contribution in [3.63, 3.8) is 0 Å². The predicted molar refractivity (Wildman–Crippen MR) is 72.0 cm³/mol. The number of halogens is 2. The molecule has 0 amide bonds. The molecule has 0 radical (unpaired) electrons. The summed E-state index contributed by atoms with van der Waals surface area (Å²) in [6.07, 6.45) is 0. The minimum Gasteiger partial charge on any atom is -0.457 e. The number of benzene rings is 2. The third-order valence-electron chi connectivity index (χ3n) is 2.40. The van der Waals surface area contributed by atoms with Gasteiger partial charge in [0.1, 0.15) is 6.61 Å². The summed E-state index contributed by atoms with van der Waals surface area (Å²) in [5, 5.41) is 1.17. The largest absolute Gasteiger partial charge is 0.457 e. The lowest BCUT2D eigenvalue weighted by Gasteiger charge is -2.06. The highest BCUT2D eigenvalue weighted by molar-refractivity contribution is 6.31. The first-order valence-corrected chi connectivity index (χ1v) is 6.08. The SMILES string of the molecule is O=C(OCc1ccccc1Cl)c1ccc(Cl)cc1. The quantitative estimate of drug-likeness (QED) is 0.782. The second-order valence-electron chi connectivity index (χ2n) is 3.67. The first-order chi connectivity index (χ1) is 8.66. The smallest absolute Gasteiger partial charge is 0.338 e. The molecule has 0 heterocycles. The van der Waals surface area contributed by atoms with Crippen LogP contribution in [0.2, 0.25) is 10.0 Å². The average Bonchev–Trinajstić information content (AvgIpc) is 2.38. The van der Waals surface area contributed by atoms with E-state index in [0.29, 0.717) is 15.6 Å². The Bertz CT molecular complexity index is 550. The van der Waals surface area contributed by atoms with Crippen LogP contribution < -0.4 is 0 Å². The molecule has 0 saturated carbocycles. The third-order valence-corrected chi connectivity index (χ3v) is 3.02. The molecule has 2 aromatic carbocycles. The van der Waals surface area contributed by atoms with Gasteiger partial charge in [-0.2, -0.15) is 0 Å². The lowest BCUT2D eigenvalue weighted by molar-refractivity contribution is 0.0473. The van der Waals surface area contributed by atoms with E-state index in [-0.39, 0.29) is 6.61 Å². The summed E-state index contributed by atoms with van der Waals surface area (Å²) in [6, 6.07) is 13.8. The van der Waals surface area contributed by atoms with Crippen molar-refractivity contribution in [3.05, 3.63) is 69.7 Å². The molecule has 92 valence electrons. The van der Waals surface area contributed by atoms with Crippen LogP contribution in [-0.4, -0.2) is 5.97 Å². The normalized spacial score (nSPS) is 10.1. The van der Waals surface area contributed by atoms with E-state index in [1.54, 1.807) is 30.3 Å². The van der Waals surface area contributed by atoms with Gasteiger partial charge in [0.25, 0.3) is 0 Å². The summed E-state index contributed by atoms with van der Waals surface area (Å²) >= 11 is 11.7. The Balaban J connectivity index is 2.01. The summed E-state index contributed by atoms with van der Waals surface area (Å²) in [5.74, 6) is -0.397. The minimum absolute atomic E-state index is 0.154. The molecule has 0 N–H and O–H groups in total. The topological polar surface area (TPSA) is 26.3 Å². The van der Waals surface area contributed by atoms with Crippen LogP contribution in [0.5, 0.6) is 0 Å². The number of ether oxygens (including phenoxy) is 1. The van der Waals surface area contributed by atoms with Crippen LogP contribution in [0.4, 0.5) is 0 Å². The van der Waals surface area contributed by atoms with E-state index < -0.39 is 5.97 Å². The summed E-state index contributed by atoms with van der Waals surface area (Å²) in [5.41, 5.74) is 1.24. The second-order valence-corrected chi connectivity index (χ2v) is 4.52. The average molecular weight is 281 g/mol. The summed E-state index contributed by atoms with van der Waals surface area (Å²) in [4.78, 5) is 11.7. The van der Waals surface area contributed by atoms with Crippen molar-refractivity contribution in [1.29, 1.82) is 0 Å². The van der Waals surface area contributed by atoms with Crippen molar-refractivity contribution in [2.75, 3.05) is 0 Å². The Morgan fingerprint density at radius 2 is 1.67 bits per heavy atom. The summed E-state index contributed by atoms with van der Waals surface area (Å²) in [7, 11) is 0. The van der Waals surface area contributed by atoms with E-state index in [1.807, 2.05) is 18.2 Å². The van der Waals surface area contributed by atoms with Crippen molar-refractivity contribution in [3.8, 4) is 0 Å². The second kappa shape index (κ2) is 5.89. The Morgan fingerprint density at radius 3 is 2.33 bits per heavy atom. The molecular formula is C14H10Cl2O2. The highest BCUT2D eigenvalue weighted by Gasteiger charge is 2.08. The van der Waals surface area contributed by atoms with Gasteiger partial charge in [0, 0.05) is 15.6 Å². The molecule has 0 fully saturated rings. The van der Waals surface area contributed by atoms with Gasteiger partial charge >= 0.3 is 5.97 Å². The summed E-state index contributed by atoms with van der Waals surface area (Å²) in [6.45, 7) is 0.154. The van der Waals surface area contributed by atoms with Crippen LogP contribution >= 0.6 is 23.2 Å². The summed E-state index contributed by atoms with van der Waals surface area (Å²) < 4.78 is 5.17. The Labute approximate surface area is 115 Å². The number of hydrogen-bond donors (Lipinski definition) is 0. The number of hydrogen-bond acceptors (Lipinski definition) is 2. The first kappa shape index (κ1) is 12.9. The molecule has 0 bridgehead atoms. The predicted octanol–water partition coefficient (Wildman–Crippen LogP) is 4.35. The molecule has 2 nitrogen and oxygen atoms in total. The Hall–Kier alpha value is -1.51. The van der Waals surface area contributed by atoms with Gasteiger partial charge < -0.3 is 4.74 Å². The maximum Gasteiger partial charge on any atom is 0.338 e. The van der Waals surface area contributed by atoms with Crippen molar-refractivity contribution in [2.24, 2.45) is 0 Å². The number of esters is 1. The molecule has 2 aromatic rings. The highest BCUT2D eigenvalue weighted by atomic mass is 35.5. The van der Waals surface area contributed by atoms with E-state index >= 15 is 0 Å². The van der Waals surface area contributed by atoms with Gasteiger partial charge in [-0.1, -0.05) is 41.4 Å². The van der Waals surface area contributed by atoms with Crippen molar-refractivity contribution < 1.29 is 9.53 Å². The van der Waals surface area contributed by atoms with Gasteiger partial charge in [0.2, 0.25) is 0 Å². The van der Waals surface area contributed by atoms with E-state index in [2.05, 4.69) is 0 Å². The molecule has 0 aromatic heterocycles. The van der Waals surface area contributed by atoms with Crippen LogP contribution in [0, 0.1) is 0 Å². The maximum atomic E-state index is 11.7. The monoisotopic (exact) mass is 280 g/mol. The van der Waals surface area contributed by atoms with Gasteiger partial charge in [-0.3, -0.25) is 0 Å². The van der Waals surface area contributed by atoms with E-state index in [9.17, 15) is 4.79 Å². The fourth-order valence-corrected chi connectivity index (χ4v) is 1.74. The van der Waals surface area contributed by atoms with Gasteiger partial charge in [0.15, 0.2) is 0 Å². The molecular weight excluding hydrogens is 271 g/mol. The lowest BCUT2D eigenvalue weighted by atomic mass is 10.2. The number of rotatable bonds is 3. The van der Waals surface area contributed by atoms with Crippen LogP contribution in [0.15, 0.2) is 48.5 Å². The molecule has 18 heavy (non-hydrogen) atoms. The van der Waals surface area contributed by atoms with Crippen LogP contribution in [-0.2, 0) is 11.3 Å². The molecule has 4 heteroatoms. The van der Waals surface area contributed by atoms with E-state index in [1.165, 1.54) is 0 Å². The van der Waals surface area contributed by atoms with Crippen LogP contribution in [0.25, 0.3) is 0 Å². The van der Waals surface area contributed by atoms with Gasteiger partial charge in [0.05, 0.1) is 5.56 Å². The molecule has 0 saturated heterocycles. The highest BCUT2D eigenvalue weighted by Crippen LogP contribution is 2.17. The van der Waals surface area contributed by atoms with Crippen molar-refractivity contribution in [2.45, 2.75) is 6.61 Å². The van der Waals surface area contributed by atoms with Gasteiger partial charge in [-0.15, -0.1) is 0 Å². The van der Waals surface area contributed by atoms with Crippen molar-refractivity contribution >= 4 is 29.2 Å².